The van der Waals surface area contributed by atoms with Gasteiger partial charge in [-0.15, -0.1) is 0 Å². The maximum atomic E-state index is 12.1. The second-order valence-corrected chi connectivity index (χ2v) is 7.20. The van der Waals surface area contributed by atoms with E-state index in [-0.39, 0.29) is 11.9 Å². The monoisotopic (exact) mass is 351 g/mol. The van der Waals surface area contributed by atoms with Gasteiger partial charge in [0.2, 0.25) is 5.91 Å². The van der Waals surface area contributed by atoms with Gasteiger partial charge in [0.1, 0.15) is 0 Å². The molecular formula is C18H26ClN3O2. The first-order valence-corrected chi connectivity index (χ1v) is 9.08. The van der Waals surface area contributed by atoms with Gasteiger partial charge in [0.15, 0.2) is 0 Å². The van der Waals surface area contributed by atoms with Gasteiger partial charge in [-0.05, 0) is 37.0 Å². The van der Waals surface area contributed by atoms with Crippen LogP contribution in [0.3, 0.4) is 0 Å². The summed E-state index contributed by atoms with van der Waals surface area (Å²) in [5.74, 6) is 0.596. The number of nitrogens with one attached hydrogen (secondary N) is 2. The van der Waals surface area contributed by atoms with E-state index < -0.39 is 0 Å². The lowest BCUT2D eigenvalue weighted by atomic mass is 10.1. The lowest BCUT2D eigenvalue weighted by molar-refractivity contribution is -0.122. The molecule has 132 valence electrons. The van der Waals surface area contributed by atoms with E-state index in [4.69, 9.17) is 16.3 Å². The van der Waals surface area contributed by atoms with Crippen LogP contribution in [0.15, 0.2) is 18.2 Å². The number of nitrogens with zero attached hydrogens (tertiary/aromatic N) is 1. The number of amides is 1. The number of aryl methyl sites for hydroxylation is 1. The number of anilines is 1. The highest BCUT2D eigenvalue weighted by atomic mass is 35.5. The van der Waals surface area contributed by atoms with Gasteiger partial charge in [-0.2, -0.15) is 0 Å². The number of carbonyl (C=O) groups excluding carboxylic acids is 1. The van der Waals surface area contributed by atoms with Crippen molar-refractivity contribution in [1.29, 1.82) is 0 Å². The Kier molecular flexibility index (Phi) is 5.98. The molecule has 2 fully saturated rings. The molecule has 2 aliphatic rings. The van der Waals surface area contributed by atoms with Crippen molar-refractivity contribution < 1.29 is 9.53 Å². The number of carbonyl (C=O) groups is 1. The fourth-order valence-corrected chi connectivity index (χ4v) is 3.61. The van der Waals surface area contributed by atoms with Crippen molar-refractivity contribution in [3.63, 3.8) is 0 Å². The van der Waals surface area contributed by atoms with E-state index in [2.05, 4.69) is 28.5 Å². The molecule has 1 aromatic rings. The lowest BCUT2D eigenvalue weighted by Crippen LogP contribution is -2.44. The molecule has 2 atom stereocenters. The second kappa shape index (κ2) is 8.19. The zero-order valence-electron chi connectivity index (χ0n) is 14.2. The number of ether oxygens (including phenoxy) is 1. The fourth-order valence-electron chi connectivity index (χ4n) is 3.45. The van der Waals surface area contributed by atoms with E-state index in [1.54, 1.807) is 0 Å². The molecule has 2 saturated heterocycles. The molecule has 5 nitrogen and oxygen atoms in total. The molecule has 2 unspecified atom stereocenters. The van der Waals surface area contributed by atoms with Gasteiger partial charge < -0.3 is 20.3 Å². The van der Waals surface area contributed by atoms with Crippen molar-refractivity contribution in [2.24, 2.45) is 5.92 Å². The quantitative estimate of drug-likeness (QED) is 0.851. The fraction of sp³-hybridized carbons (Fsp3) is 0.611. The summed E-state index contributed by atoms with van der Waals surface area (Å²) in [4.78, 5) is 14.5. The zero-order valence-corrected chi connectivity index (χ0v) is 14.9. The molecule has 0 saturated carbocycles. The predicted octanol–water partition coefficient (Wildman–Crippen LogP) is 1.97. The molecule has 2 heterocycles. The normalized spacial score (nSPS) is 24.2. The maximum Gasteiger partial charge on any atom is 0.221 e. The third kappa shape index (κ3) is 4.62. The molecule has 24 heavy (non-hydrogen) atoms. The van der Waals surface area contributed by atoms with Gasteiger partial charge in [0.25, 0.3) is 0 Å². The van der Waals surface area contributed by atoms with Gasteiger partial charge in [0, 0.05) is 49.4 Å². The van der Waals surface area contributed by atoms with E-state index in [1.807, 2.05) is 12.1 Å². The van der Waals surface area contributed by atoms with Crippen molar-refractivity contribution in [3.05, 3.63) is 28.8 Å². The summed E-state index contributed by atoms with van der Waals surface area (Å²) in [5.41, 5.74) is 2.45. The summed E-state index contributed by atoms with van der Waals surface area (Å²) >= 11 is 6.13. The number of halogens is 1. The molecule has 1 amide bonds. The van der Waals surface area contributed by atoms with Crippen molar-refractivity contribution >= 4 is 23.2 Å². The minimum absolute atomic E-state index is 0.107. The van der Waals surface area contributed by atoms with Crippen LogP contribution in [-0.2, 0) is 9.53 Å². The number of rotatable bonds is 5. The van der Waals surface area contributed by atoms with Gasteiger partial charge in [-0.1, -0.05) is 17.7 Å². The number of hydrogen-bond donors (Lipinski definition) is 2. The third-order valence-electron chi connectivity index (χ3n) is 4.82. The van der Waals surface area contributed by atoms with E-state index >= 15 is 0 Å². The van der Waals surface area contributed by atoms with E-state index in [0.717, 1.165) is 44.2 Å². The number of hydrogen-bond acceptors (Lipinski definition) is 4. The summed E-state index contributed by atoms with van der Waals surface area (Å²) in [6.07, 6.45) is 1.58. The van der Waals surface area contributed by atoms with Gasteiger partial charge in [0.05, 0.1) is 13.2 Å². The van der Waals surface area contributed by atoms with Gasteiger partial charge in [-0.3, -0.25) is 4.79 Å². The van der Waals surface area contributed by atoms with E-state index in [9.17, 15) is 4.79 Å². The first-order chi connectivity index (χ1) is 11.6. The van der Waals surface area contributed by atoms with E-state index in [1.165, 1.54) is 11.3 Å². The maximum absolute atomic E-state index is 12.1. The summed E-state index contributed by atoms with van der Waals surface area (Å²) in [6, 6.07) is 6.17. The highest BCUT2D eigenvalue weighted by Crippen LogP contribution is 2.29. The van der Waals surface area contributed by atoms with Gasteiger partial charge >= 0.3 is 0 Å². The Morgan fingerprint density at radius 2 is 2.38 bits per heavy atom. The molecule has 0 aromatic heterocycles. The van der Waals surface area contributed by atoms with Crippen LogP contribution in [0.1, 0.15) is 18.4 Å². The highest BCUT2D eigenvalue weighted by Gasteiger charge is 2.25. The Balaban J connectivity index is 1.44. The van der Waals surface area contributed by atoms with Crippen LogP contribution < -0.4 is 15.5 Å². The van der Waals surface area contributed by atoms with Crippen molar-refractivity contribution in [3.8, 4) is 0 Å². The minimum Gasteiger partial charge on any atom is -0.378 e. The molecule has 0 aliphatic carbocycles. The van der Waals surface area contributed by atoms with Crippen LogP contribution in [0.4, 0.5) is 5.69 Å². The molecule has 3 rings (SSSR count). The lowest BCUT2D eigenvalue weighted by Gasteiger charge is -2.23. The Bertz CT molecular complexity index is 575. The van der Waals surface area contributed by atoms with Crippen LogP contribution >= 0.6 is 11.6 Å². The molecule has 0 radical (unpaired) electrons. The Morgan fingerprint density at radius 1 is 1.50 bits per heavy atom. The average molecular weight is 352 g/mol. The predicted molar refractivity (Wildman–Crippen MR) is 96.7 cm³/mol. The van der Waals surface area contributed by atoms with Crippen LogP contribution in [0.5, 0.6) is 0 Å². The second-order valence-electron chi connectivity index (χ2n) is 6.77. The number of morpholine rings is 1. The molecule has 6 heteroatoms. The molecule has 2 aliphatic heterocycles. The molecule has 1 aromatic carbocycles. The van der Waals surface area contributed by atoms with Crippen LogP contribution in [0.25, 0.3) is 0 Å². The molecular weight excluding hydrogens is 326 g/mol. The van der Waals surface area contributed by atoms with Crippen molar-refractivity contribution in [2.45, 2.75) is 25.8 Å². The Hall–Kier alpha value is -1.30. The SMILES string of the molecule is Cc1ccc(Cl)cc1N1CCC(CNC(=O)CC2COCCN2)C1. The summed E-state index contributed by atoms with van der Waals surface area (Å²) in [5, 5.41) is 7.17. The van der Waals surface area contributed by atoms with Crippen LogP contribution in [-0.4, -0.2) is 51.3 Å². The summed E-state index contributed by atoms with van der Waals surface area (Å²) in [7, 11) is 0. The molecule has 0 spiro atoms. The highest BCUT2D eigenvalue weighted by molar-refractivity contribution is 6.30. The smallest absolute Gasteiger partial charge is 0.221 e. The Labute approximate surface area is 148 Å². The Morgan fingerprint density at radius 3 is 3.17 bits per heavy atom. The third-order valence-corrected chi connectivity index (χ3v) is 5.05. The van der Waals surface area contributed by atoms with E-state index in [0.29, 0.717) is 18.9 Å². The number of benzene rings is 1. The average Bonchev–Trinajstić information content (AvgIpc) is 3.05. The molecule has 2 N–H and O–H groups in total. The van der Waals surface area contributed by atoms with Crippen molar-refractivity contribution in [1.82, 2.24) is 10.6 Å². The first kappa shape index (κ1) is 17.5. The summed E-state index contributed by atoms with van der Waals surface area (Å²) < 4.78 is 5.38. The topological polar surface area (TPSA) is 53.6 Å². The zero-order chi connectivity index (χ0) is 16.9. The van der Waals surface area contributed by atoms with Crippen LogP contribution in [0, 0.1) is 12.8 Å². The minimum atomic E-state index is 0.107. The van der Waals surface area contributed by atoms with Crippen LogP contribution in [0.2, 0.25) is 5.02 Å². The van der Waals surface area contributed by atoms with Crippen molar-refractivity contribution in [2.75, 3.05) is 44.3 Å². The standard InChI is InChI=1S/C18H26ClN3O2/c1-13-2-3-15(19)8-17(13)22-6-4-14(11-22)10-21-18(23)9-16-12-24-7-5-20-16/h2-3,8,14,16,20H,4-7,9-12H2,1H3,(H,21,23). The first-order valence-electron chi connectivity index (χ1n) is 8.71. The summed E-state index contributed by atoms with van der Waals surface area (Å²) in [6.45, 7) is 7.01. The van der Waals surface area contributed by atoms with Gasteiger partial charge in [-0.25, -0.2) is 0 Å². The molecule has 0 bridgehead atoms. The largest absolute Gasteiger partial charge is 0.378 e.